The highest BCUT2D eigenvalue weighted by atomic mass is 35.5. The van der Waals surface area contributed by atoms with Crippen molar-refractivity contribution in [3.63, 3.8) is 0 Å². The Kier molecular flexibility index (Phi) is 24.8. The SMILES string of the molecule is CC(C)(C)OC(=O)N1CCc2nc(-c3cccnc3)nc(NCCc3c[nH]c4ccccc34)c2C1.CC(C)(C)OC(=O)N1CCc2nc(Cl)nc(Cl)c2C1.CC(C)(C)OC(=O)N1CCc2nc(Cl)nc(NCCc3c[nH]c4ccccc34)c2C1.c1cncc(-c2nc3c(c(NCCc4c[nH]c5ccccc45)n2)CNCC3)c1. The fourth-order valence-corrected chi connectivity index (χ4v) is 14.2. The van der Waals surface area contributed by atoms with Crippen molar-refractivity contribution in [2.45, 2.75) is 150 Å². The van der Waals surface area contributed by atoms with E-state index in [0.29, 0.717) is 88.4 Å². The third kappa shape index (κ3) is 20.4. The summed E-state index contributed by atoms with van der Waals surface area (Å²) in [6, 6.07) is 32.7. The molecule has 112 heavy (non-hydrogen) atoms. The second kappa shape index (κ2) is 35.1. The summed E-state index contributed by atoms with van der Waals surface area (Å²) < 4.78 is 16.5. The lowest BCUT2D eigenvalue weighted by Gasteiger charge is -2.31. The first-order valence-electron chi connectivity index (χ1n) is 37.7. The predicted octanol–water partition coefficient (Wildman–Crippen LogP) is 15.9. The highest BCUT2D eigenvalue weighted by Crippen LogP contribution is 2.33. The van der Waals surface area contributed by atoms with Crippen LogP contribution in [0.25, 0.3) is 55.5 Å². The summed E-state index contributed by atoms with van der Waals surface area (Å²) in [5.41, 5.74) is 15.0. The molecular weight excluding hydrogens is 1480 g/mol. The molecule has 0 fully saturated rings. The molecule has 26 nitrogen and oxygen atoms in total. The Labute approximate surface area is 665 Å². The molecule has 16 rings (SSSR count). The number of nitrogens with zero attached hydrogens (tertiary/aromatic N) is 13. The van der Waals surface area contributed by atoms with Crippen LogP contribution in [0.1, 0.15) is 124 Å². The van der Waals surface area contributed by atoms with Gasteiger partial charge >= 0.3 is 18.3 Å². The number of pyridine rings is 2. The summed E-state index contributed by atoms with van der Waals surface area (Å²) in [6.45, 7) is 23.5. The molecule has 0 radical (unpaired) electrons. The monoisotopic (exact) mass is 1570 g/mol. The van der Waals surface area contributed by atoms with E-state index < -0.39 is 16.8 Å². The maximum atomic E-state index is 12.7. The van der Waals surface area contributed by atoms with E-state index in [0.717, 1.165) is 124 Å². The van der Waals surface area contributed by atoms with Crippen LogP contribution in [0.2, 0.25) is 15.7 Å². The summed E-state index contributed by atoms with van der Waals surface area (Å²) in [7, 11) is 0. The van der Waals surface area contributed by atoms with Crippen molar-refractivity contribution in [2.75, 3.05) is 61.8 Å². The van der Waals surface area contributed by atoms with Gasteiger partial charge in [0.1, 0.15) is 39.4 Å². The molecule has 0 saturated carbocycles. The number of rotatable bonds is 14. The van der Waals surface area contributed by atoms with Gasteiger partial charge in [-0.3, -0.25) is 9.97 Å². The number of benzene rings is 3. The van der Waals surface area contributed by atoms with Crippen molar-refractivity contribution in [3.05, 3.63) is 218 Å². The van der Waals surface area contributed by atoms with Crippen LogP contribution in [0.5, 0.6) is 0 Å². The summed E-state index contributed by atoms with van der Waals surface area (Å²) in [6.07, 6.45) is 17.7. The van der Waals surface area contributed by atoms with Crippen LogP contribution in [0.15, 0.2) is 140 Å². The van der Waals surface area contributed by atoms with Gasteiger partial charge in [0, 0.05) is 188 Å². The number of para-hydroxylation sites is 3. The molecule has 9 aromatic heterocycles. The number of amides is 3. The van der Waals surface area contributed by atoms with Gasteiger partial charge in [0.25, 0.3) is 0 Å². The quantitative estimate of drug-likeness (QED) is 0.0302. The molecule has 4 aliphatic rings. The molecule has 4 aliphatic heterocycles. The number of carbonyl (C=O) groups excluding carboxylic acids is 3. The van der Waals surface area contributed by atoms with Crippen molar-refractivity contribution in [1.82, 2.24) is 84.8 Å². The molecule has 0 atom stereocenters. The van der Waals surface area contributed by atoms with Gasteiger partial charge in [-0.15, -0.1) is 0 Å². The Morgan fingerprint density at radius 3 is 1.21 bits per heavy atom. The smallest absolute Gasteiger partial charge is 0.410 e. The number of anilines is 3. The first kappa shape index (κ1) is 79.0. The highest BCUT2D eigenvalue weighted by Gasteiger charge is 2.33. The van der Waals surface area contributed by atoms with Gasteiger partial charge in [-0.05, 0) is 164 Å². The van der Waals surface area contributed by atoms with E-state index in [-0.39, 0.29) is 28.8 Å². The zero-order chi connectivity index (χ0) is 78.7. The van der Waals surface area contributed by atoms with E-state index in [9.17, 15) is 14.4 Å². The minimum absolute atomic E-state index is 0.134. The van der Waals surface area contributed by atoms with Gasteiger partial charge in [-0.25, -0.2) is 54.3 Å². The molecule has 3 aromatic carbocycles. The van der Waals surface area contributed by atoms with Crippen molar-refractivity contribution >= 4 is 103 Å². The van der Waals surface area contributed by atoms with Crippen molar-refractivity contribution in [2.24, 2.45) is 0 Å². The fourth-order valence-electron chi connectivity index (χ4n) is 13.6. The minimum Gasteiger partial charge on any atom is -0.444 e. The number of aromatic nitrogens is 13. The van der Waals surface area contributed by atoms with E-state index in [2.05, 4.69) is 133 Å². The number of nitrogens with one attached hydrogen (secondary N) is 7. The lowest BCUT2D eigenvalue weighted by molar-refractivity contribution is 0.0212. The topological polar surface area (TPSA) is 313 Å². The highest BCUT2D eigenvalue weighted by molar-refractivity contribution is 6.32. The zero-order valence-electron chi connectivity index (χ0n) is 64.4. The Bertz CT molecular complexity index is 5310. The van der Waals surface area contributed by atoms with Crippen LogP contribution in [-0.2, 0) is 85.3 Å². The van der Waals surface area contributed by atoms with E-state index in [1.165, 1.54) is 43.9 Å². The summed E-state index contributed by atoms with van der Waals surface area (Å²) >= 11 is 17.9. The van der Waals surface area contributed by atoms with Gasteiger partial charge in [-0.2, -0.15) is 0 Å². The number of hydrogen-bond donors (Lipinski definition) is 7. The Balaban J connectivity index is 0.000000133. The maximum absolute atomic E-state index is 12.7. The van der Waals surface area contributed by atoms with Crippen LogP contribution in [0, 0.1) is 0 Å². The Morgan fingerprint density at radius 2 is 0.795 bits per heavy atom. The normalized spacial score (nSPS) is 13.9. The van der Waals surface area contributed by atoms with E-state index in [1.807, 2.05) is 117 Å². The largest absolute Gasteiger partial charge is 0.444 e. The second-order valence-electron chi connectivity index (χ2n) is 30.6. The van der Waals surface area contributed by atoms with E-state index in [1.54, 1.807) is 33.3 Å². The Morgan fingerprint density at radius 1 is 0.429 bits per heavy atom. The molecule has 0 aliphatic carbocycles. The Hall–Kier alpha value is -11.1. The van der Waals surface area contributed by atoms with Crippen LogP contribution >= 0.6 is 34.8 Å². The third-order valence-electron chi connectivity index (χ3n) is 18.9. The summed E-state index contributed by atoms with van der Waals surface area (Å²) in [4.78, 5) is 96.8. The zero-order valence-corrected chi connectivity index (χ0v) is 66.7. The molecular formula is C83H93Cl3N20O6. The molecule has 0 unspecified atom stereocenters. The van der Waals surface area contributed by atoms with Gasteiger partial charge in [0.05, 0.1) is 42.4 Å². The van der Waals surface area contributed by atoms with E-state index in [4.69, 9.17) is 68.9 Å². The number of ether oxygens (including phenoxy) is 3. The average molecular weight is 1570 g/mol. The standard InChI is InChI=1S/C27H30N6O2.C22H26ClN5O2.C22H22N6.C12H15Cl2N3O2/c1-27(2,3)35-26(34)33-14-11-23-21(17-33)25(32-24(31-23)19-7-6-12-28-15-19)29-13-10-18-16-30-22-9-5-4-8-20(18)22;1-22(2,3)30-21(29)28-11-9-18-16(13-28)19(27-20(23)26-18)24-10-8-14-12-25-17-7-5-4-6-15(14)17;1-2-6-19-17(5-1)15(13-26-19)7-11-25-22-18-14-24-10-8-20(18)27-21(28-22)16-4-3-9-23-12-16;1-12(2,3)19-11(18)17-5-4-8-7(6-17)9(13)16-10(14)15-8/h4-9,12,15-16,30H,10-11,13-14,17H2,1-3H3,(H,29,31,32);4-7,12,25H,8-11,13H2,1-3H3,(H,24,26,27);1-6,9,12-13,24,26H,7-8,10-11,14H2,(H,25,27,28);4-6H2,1-3H3. The molecule has 29 heteroatoms. The summed E-state index contributed by atoms with van der Waals surface area (Å²) in [5, 5.41) is 18.3. The number of halogens is 3. The number of aromatic amines is 3. The van der Waals surface area contributed by atoms with Gasteiger partial charge in [-0.1, -0.05) is 66.2 Å². The molecule has 0 saturated heterocycles. The molecule has 0 bridgehead atoms. The molecule has 7 N–H and O–H groups in total. The number of carbonyl (C=O) groups is 3. The molecule has 0 spiro atoms. The van der Waals surface area contributed by atoms with Crippen molar-refractivity contribution in [1.29, 1.82) is 0 Å². The van der Waals surface area contributed by atoms with Gasteiger partial charge in [0.15, 0.2) is 11.6 Å². The number of hydrogen-bond acceptors (Lipinski definition) is 20. The fraction of sp³-hybridized carbons (Fsp3) is 0.361. The predicted molar refractivity (Wildman–Crippen MR) is 438 cm³/mol. The van der Waals surface area contributed by atoms with Crippen molar-refractivity contribution in [3.8, 4) is 22.8 Å². The first-order valence-corrected chi connectivity index (χ1v) is 38.8. The first-order chi connectivity index (χ1) is 53.8. The lowest BCUT2D eigenvalue weighted by Crippen LogP contribution is -2.40. The van der Waals surface area contributed by atoms with Crippen molar-refractivity contribution < 1.29 is 28.6 Å². The number of fused-ring (bicyclic) bond motifs is 7. The number of H-pyrrole nitrogens is 3. The van der Waals surface area contributed by atoms with Gasteiger partial charge in [0.2, 0.25) is 10.6 Å². The minimum atomic E-state index is -0.543. The third-order valence-corrected chi connectivity index (χ3v) is 19.5. The molecule has 13 heterocycles. The van der Waals surface area contributed by atoms with Crippen LogP contribution in [-0.4, -0.2) is 160 Å². The molecule has 3 amide bonds. The van der Waals surface area contributed by atoms with E-state index >= 15 is 0 Å². The van der Waals surface area contributed by atoms with Gasteiger partial charge < -0.3 is 65.1 Å². The maximum Gasteiger partial charge on any atom is 0.410 e. The second-order valence-corrected chi connectivity index (χ2v) is 31.6. The van der Waals surface area contributed by atoms with Crippen LogP contribution in [0.3, 0.4) is 0 Å². The van der Waals surface area contributed by atoms with Crippen LogP contribution in [0.4, 0.5) is 31.8 Å². The average Bonchev–Trinajstić information content (AvgIpc) is 1.24. The summed E-state index contributed by atoms with van der Waals surface area (Å²) in [5.74, 6) is 3.73. The lowest BCUT2D eigenvalue weighted by atomic mass is 10.1. The molecule has 582 valence electrons. The van der Waals surface area contributed by atoms with Crippen LogP contribution < -0.4 is 21.3 Å². The molecule has 12 aromatic rings.